The molecule has 20 heavy (non-hydrogen) atoms. The molecule has 3 rings (SSSR count). The molecule has 0 spiro atoms. The molecule has 0 aromatic heterocycles. The van der Waals surface area contributed by atoms with Crippen LogP contribution in [-0.4, -0.2) is 0 Å². The van der Waals surface area contributed by atoms with Gasteiger partial charge < -0.3 is 11.5 Å². The second-order valence-electron chi connectivity index (χ2n) is 6.24. The van der Waals surface area contributed by atoms with Crippen LogP contribution in [0.2, 0.25) is 0 Å². The number of benzene rings is 1. The standard InChI is InChI=1S/C18H24N2/c19-17-9-5-15(6-10-17)13-1-2-14(4-3-13)16-7-11-18(20)12-8-16/h5-7,9-14,16H,1-4,8,19-20H2. The average molecular weight is 268 g/mol. The highest BCUT2D eigenvalue weighted by Crippen LogP contribution is 2.40. The van der Waals surface area contributed by atoms with Crippen molar-refractivity contribution in [3.63, 3.8) is 0 Å². The second-order valence-corrected chi connectivity index (χ2v) is 6.24. The van der Waals surface area contributed by atoms with Crippen molar-refractivity contribution in [2.75, 3.05) is 5.73 Å². The predicted molar refractivity (Wildman–Crippen MR) is 85.1 cm³/mol. The Morgan fingerprint density at radius 3 is 2.20 bits per heavy atom. The zero-order valence-corrected chi connectivity index (χ0v) is 12.0. The molecular weight excluding hydrogens is 244 g/mol. The highest BCUT2D eigenvalue weighted by Gasteiger charge is 2.27. The average Bonchev–Trinajstić information content (AvgIpc) is 2.49. The molecule has 0 amide bonds. The molecule has 2 heteroatoms. The van der Waals surface area contributed by atoms with E-state index in [0.29, 0.717) is 5.92 Å². The van der Waals surface area contributed by atoms with Crippen molar-refractivity contribution >= 4 is 5.69 Å². The third kappa shape index (κ3) is 2.90. The molecular formula is C18H24N2. The molecule has 1 aromatic rings. The predicted octanol–water partition coefficient (Wildman–Crippen LogP) is 3.96. The highest BCUT2D eigenvalue weighted by atomic mass is 14.6. The number of anilines is 1. The van der Waals surface area contributed by atoms with Crippen molar-refractivity contribution in [2.45, 2.75) is 38.0 Å². The molecule has 2 nitrogen and oxygen atoms in total. The molecule has 1 aromatic carbocycles. The monoisotopic (exact) mass is 268 g/mol. The smallest absolute Gasteiger partial charge is 0.0314 e. The van der Waals surface area contributed by atoms with Crippen LogP contribution in [-0.2, 0) is 0 Å². The number of hydrogen-bond acceptors (Lipinski definition) is 2. The van der Waals surface area contributed by atoms with Gasteiger partial charge in [-0.15, -0.1) is 0 Å². The molecule has 1 unspecified atom stereocenters. The molecule has 0 heterocycles. The summed E-state index contributed by atoms with van der Waals surface area (Å²) in [7, 11) is 0. The first kappa shape index (κ1) is 13.3. The second kappa shape index (κ2) is 5.74. The summed E-state index contributed by atoms with van der Waals surface area (Å²) < 4.78 is 0. The quantitative estimate of drug-likeness (QED) is 0.798. The van der Waals surface area contributed by atoms with Crippen LogP contribution in [0.1, 0.15) is 43.6 Å². The van der Waals surface area contributed by atoms with Crippen LogP contribution in [0.4, 0.5) is 5.69 Å². The fourth-order valence-corrected chi connectivity index (χ4v) is 3.65. The van der Waals surface area contributed by atoms with Crippen molar-refractivity contribution < 1.29 is 0 Å². The highest BCUT2D eigenvalue weighted by molar-refractivity contribution is 5.40. The van der Waals surface area contributed by atoms with Gasteiger partial charge in [-0.25, -0.2) is 0 Å². The summed E-state index contributed by atoms with van der Waals surface area (Å²) in [6.45, 7) is 0. The molecule has 1 atom stereocenters. The van der Waals surface area contributed by atoms with Crippen molar-refractivity contribution in [1.29, 1.82) is 0 Å². The summed E-state index contributed by atoms with van der Waals surface area (Å²) in [6.07, 6.45) is 13.0. The zero-order valence-electron chi connectivity index (χ0n) is 12.0. The lowest BCUT2D eigenvalue weighted by Crippen LogP contribution is -2.21. The summed E-state index contributed by atoms with van der Waals surface area (Å²) in [5.74, 6) is 2.26. The molecule has 0 saturated heterocycles. The van der Waals surface area contributed by atoms with Gasteiger partial charge in [-0.2, -0.15) is 0 Å². The molecule has 1 fully saturated rings. The fourth-order valence-electron chi connectivity index (χ4n) is 3.65. The van der Waals surface area contributed by atoms with Crippen LogP contribution in [0.3, 0.4) is 0 Å². The minimum atomic E-state index is 0.703. The van der Waals surface area contributed by atoms with E-state index < -0.39 is 0 Å². The first-order valence-electron chi connectivity index (χ1n) is 7.71. The van der Waals surface area contributed by atoms with E-state index in [4.69, 9.17) is 11.5 Å². The molecule has 106 valence electrons. The molecule has 0 bridgehead atoms. The van der Waals surface area contributed by atoms with Crippen LogP contribution in [0, 0.1) is 11.8 Å². The van der Waals surface area contributed by atoms with E-state index in [1.807, 2.05) is 12.1 Å². The van der Waals surface area contributed by atoms with Crippen LogP contribution in [0.25, 0.3) is 0 Å². The van der Waals surface area contributed by atoms with Crippen molar-refractivity contribution in [3.05, 3.63) is 53.8 Å². The molecule has 0 aliphatic heterocycles. The maximum absolute atomic E-state index is 5.80. The summed E-state index contributed by atoms with van der Waals surface area (Å²) in [5, 5.41) is 0. The normalized spacial score (nSPS) is 30.0. The van der Waals surface area contributed by atoms with Gasteiger partial charge in [0.1, 0.15) is 0 Å². The Hall–Kier alpha value is -1.70. The minimum Gasteiger partial charge on any atom is -0.399 e. The van der Waals surface area contributed by atoms with Gasteiger partial charge in [0.25, 0.3) is 0 Å². The van der Waals surface area contributed by atoms with Crippen molar-refractivity contribution in [3.8, 4) is 0 Å². The molecule has 2 aliphatic rings. The molecule has 1 saturated carbocycles. The van der Waals surface area contributed by atoms with Gasteiger partial charge >= 0.3 is 0 Å². The number of rotatable bonds is 2. The molecule has 2 aliphatic carbocycles. The first-order chi connectivity index (χ1) is 9.72. The Balaban J connectivity index is 1.57. The lowest BCUT2D eigenvalue weighted by molar-refractivity contribution is 0.264. The first-order valence-corrected chi connectivity index (χ1v) is 7.71. The summed E-state index contributed by atoms with van der Waals surface area (Å²) in [5.41, 5.74) is 14.8. The topological polar surface area (TPSA) is 52.0 Å². The van der Waals surface area contributed by atoms with Gasteiger partial charge in [-0.3, -0.25) is 0 Å². The van der Waals surface area contributed by atoms with E-state index in [0.717, 1.165) is 29.6 Å². The van der Waals surface area contributed by atoms with E-state index in [1.165, 1.54) is 31.2 Å². The van der Waals surface area contributed by atoms with Crippen LogP contribution in [0.15, 0.2) is 48.2 Å². The maximum atomic E-state index is 5.80. The van der Waals surface area contributed by atoms with Gasteiger partial charge in [0.05, 0.1) is 0 Å². The number of allylic oxidation sites excluding steroid dienone is 3. The summed E-state index contributed by atoms with van der Waals surface area (Å²) >= 11 is 0. The fraction of sp³-hybridized carbons (Fsp3) is 0.444. The summed E-state index contributed by atoms with van der Waals surface area (Å²) in [4.78, 5) is 0. The van der Waals surface area contributed by atoms with E-state index in [1.54, 1.807) is 0 Å². The van der Waals surface area contributed by atoms with E-state index in [-0.39, 0.29) is 0 Å². The Labute approximate surface area is 121 Å². The largest absolute Gasteiger partial charge is 0.399 e. The van der Waals surface area contributed by atoms with Crippen LogP contribution >= 0.6 is 0 Å². The number of hydrogen-bond donors (Lipinski definition) is 2. The van der Waals surface area contributed by atoms with Crippen molar-refractivity contribution in [1.82, 2.24) is 0 Å². The lowest BCUT2D eigenvalue weighted by Gasteiger charge is -2.33. The van der Waals surface area contributed by atoms with Gasteiger partial charge in [0, 0.05) is 11.4 Å². The lowest BCUT2D eigenvalue weighted by atomic mass is 9.72. The third-order valence-electron chi connectivity index (χ3n) is 4.95. The number of nitrogen functional groups attached to an aromatic ring is 1. The summed E-state index contributed by atoms with van der Waals surface area (Å²) in [6, 6.07) is 8.45. The van der Waals surface area contributed by atoms with E-state index >= 15 is 0 Å². The van der Waals surface area contributed by atoms with Gasteiger partial charge in [0.15, 0.2) is 0 Å². The van der Waals surface area contributed by atoms with E-state index in [2.05, 4.69) is 30.4 Å². The Kier molecular flexibility index (Phi) is 3.81. The third-order valence-corrected chi connectivity index (χ3v) is 4.95. The number of nitrogens with two attached hydrogens (primary N) is 2. The van der Waals surface area contributed by atoms with Gasteiger partial charge in [-0.1, -0.05) is 24.3 Å². The van der Waals surface area contributed by atoms with Crippen LogP contribution in [0.5, 0.6) is 0 Å². The zero-order chi connectivity index (χ0) is 13.9. The Bertz CT molecular complexity index is 505. The minimum absolute atomic E-state index is 0.703. The maximum Gasteiger partial charge on any atom is 0.0314 e. The van der Waals surface area contributed by atoms with Crippen LogP contribution < -0.4 is 11.5 Å². The van der Waals surface area contributed by atoms with Gasteiger partial charge in [0.2, 0.25) is 0 Å². The Morgan fingerprint density at radius 1 is 0.900 bits per heavy atom. The van der Waals surface area contributed by atoms with Crippen molar-refractivity contribution in [2.24, 2.45) is 17.6 Å². The SMILES string of the molecule is NC1=CCC(C2CCC(c3ccc(N)cc3)CC2)C=C1. The van der Waals surface area contributed by atoms with Gasteiger partial charge in [-0.05, 0) is 73.6 Å². The Morgan fingerprint density at radius 2 is 1.60 bits per heavy atom. The molecule has 0 radical (unpaired) electrons. The van der Waals surface area contributed by atoms with E-state index in [9.17, 15) is 0 Å². The molecule has 4 N–H and O–H groups in total.